The first-order valence-corrected chi connectivity index (χ1v) is 7.12. The second-order valence-corrected chi connectivity index (χ2v) is 5.16. The van der Waals surface area contributed by atoms with Gasteiger partial charge in [0.2, 0.25) is 0 Å². The van der Waals surface area contributed by atoms with E-state index in [4.69, 9.17) is 9.47 Å². The molecule has 0 radical (unpaired) electrons. The number of ether oxygens (including phenoxy) is 2. The van der Waals surface area contributed by atoms with Gasteiger partial charge in [0.25, 0.3) is 0 Å². The number of esters is 1. The number of morpholine rings is 1. The van der Waals surface area contributed by atoms with Gasteiger partial charge < -0.3 is 9.47 Å². The molecule has 1 saturated heterocycles. The Morgan fingerprint density at radius 3 is 3.00 bits per heavy atom. The number of aromatic nitrogens is 3. The van der Waals surface area contributed by atoms with Crippen molar-refractivity contribution in [2.24, 2.45) is 0 Å². The van der Waals surface area contributed by atoms with E-state index in [9.17, 15) is 4.79 Å². The first-order chi connectivity index (χ1) is 10.8. The van der Waals surface area contributed by atoms with E-state index >= 15 is 0 Å². The Morgan fingerprint density at radius 2 is 2.14 bits per heavy atom. The van der Waals surface area contributed by atoms with Gasteiger partial charge in [0, 0.05) is 19.3 Å². The molecule has 4 rings (SSSR count). The highest BCUT2D eigenvalue weighted by atomic mass is 16.5. The number of hydrogen-bond donors (Lipinski definition) is 0. The number of carbonyl (C=O) groups is 1. The second-order valence-electron chi connectivity index (χ2n) is 5.16. The van der Waals surface area contributed by atoms with Gasteiger partial charge in [0.05, 0.1) is 41.1 Å². The Kier molecular flexibility index (Phi) is 3.28. The highest BCUT2D eigenvalue weighted by molar-refractivity contribution is 6.27. The molecule has 2 aromatic rings. The predicted molar refractivity (Wildman–Crippen MR) is 78.6 cm³/mol. The maximum atomic E-state index is 12.4. The monoisotopic (exact) mass is 298 g/mol. The number of pyridine rings is 1. The summed E-state index contributed by atoms with van der Waals surface area (Å²) in [5.41, 5.74) is 2.53. The molecule has 0 spiro atoms. The van der Waals surface area contributed by atoms with Crippen molar-refractivity contribution in [2.75, 3.05) is 33.0 Å². The molecule has 1 fully saturated rings. The Hall–Kier alpha value is -2.38. The van der Waals surface area contributed by atoms with Gasteiger partial charge in [-0.05, 0) is 12.1 Å². The summed E-state index contributed by atoms with van der Waals surface area (Å²) in [4.78, 5) is 27.1. The summed E-state index contributed by atoms with van der Waals surface area (Å²) in [5.74, 6) is -0.385. The molecule has 112 valence electrons. The van der Waals surface area contributed by atoms with E-state index < -0.39 is 0 Å². The highest BCUT2D eigenvalue weighted by Gasteiger charge is 2.26. The maximum absolute atomic E-state index is 12.4. The number of rotatable bonds is 3. The van der Waals surface area contributed by atoms with Crippen LogP contribution in [0.15, 0.2) is 18.6 Å². The molecule has 0 atom stereocenters. The molecule has 0 amide bonds. The molecule has 0 aromatic carbocycles. The van der Waals surface area contributed by atoms with Gasteiger partial charge in [-0.25, -0.2) is 14.8 Å². The van der Waals surface area contributed by atoms with Crippen molar-refractivity contribution < 1.29 is 14.3 Å². The molecular weight excluding hydrogens is 284 g/mol. The molecule has 0 unspecified atom stereocenters. The smallest absolute Gasteiger partial charge is 0.341 e. The molecule has 7 nitrogen and oxygen atoms in total. The largest absolute Gasteiger partial charge is 0.446 e. The number of hydrogen-bond acceptors (Lipinski definition) is 7. The maximum Gasteiger partial charge on any atom is 0.341 e. The van der Waals surface area contributed by atoms with Gasteiger partial charge in [0.1, 0.15) is 13.1 Å². The van der Waals surface area contributed by atoms with Crippen LogP contribution in [0.3, 0.4) is 0 Å². The molecule has 1 aliphatic carbocycles. The van der Waals surface area contributed by atoms with E-state index in [0.717, 1.165) is 24.0 Å². The van der Waals surface area contributed by atoms with Crippen LogP contribution in [0.2, 0.25) is 0 Å². The number of nitrogens with zero attached hydrogens (tertiary/aromatic N) is 4. The molecule has 22 heavy (non-hydrogen) atoms. The summed E-state index contributed by atoms with van der Waals surface area (Å²) in [5, 5.41) is 0.809. The minimum Gasteiger partial charge on any atom is -0.446 e. The first kappa shape index (κ1) is 13.3. The molecule has 7 heteroatoms. The van der Waals surface area contributed by atoms with Gasteiger partial charge in [0.15, 0.2) is 0 Å². The minimum absolute atomic E-state index is 0.261. The van der Waals surface area contributed by atoms with Crippen LogP contribution < -0.4 is 0 Å². The van der Waals surface area contributed by atoms with E-state index in [1.165, 1.54) is 6.33 Å². The van der Waals surface area contributed by atoms with Gasteiger partial charge in [-0.1, -0.05) is 0 Å². The second kappa shape index (κ2) is 5.43. The summed E-state index contributed by atoms with van der Waals surface area (Å²) in [6, 6.07) is 1.81. The van der Waals surface area contributed by atoms with Crippen LogP contribution in [0.25, 0.3) is 22.6 Å². The van der Waals surface area contributed by atoms with Gasteiger partial charge in [-0.3, -0.25) is 9.88 Å². The fraction of sp³-hybridized carbons (Fsp3) is 0.333. The molecule has 3 heterocycles. The third kappa shape index (κ3) is 2.24. The summed E-state index contributed by atoms with van der Waals surface area (Å²) in [7, 11) is 0. The highest BCUT2D eigenvalue weighted by Crippen LogP contribution is 2.33. The fourth-order valence-electron chi connectivity index (χ4n) is 2.66. The van der Waals surface area contributed by atoms with E-state index in [1.54, 1.807) is 18.3 Å². The molecule has 2 aliphatic rings. The van der Waals surface area contributed by atoms with Crippen LogP contribution in [-0.2, 0) is 14.3 Å². The zero-order chi connectivity index (χ0) is 14.9. The Bertz CT molecular complexity index is 763. The average Bonchev–Trinajstić information content (AvgIpc) is 2.95. The lowest BCUT2D eigenvalue weighted by molar-refractivity contribution is -0.143. The standard InChI is InChI=1S/C15H14N4O3/c20-15(22-9-19-3-5-21-6-4-19)10-7-12-13-11(1-2-16-12)17-8-18-14(10)13/h1-2,7-8H,3-6,9H2. The van der Waals surface area contributed by atoms with Crippen molar-refractivity contribution in [3.63, 3.8) is 0 Å². The van der Waals surface area contributed by atoms with Gasteiger partial charge in [-0.15, -0.1) is 0 Å². The van der Waals surface area contributed by atoms with E-state index in [0.29, 0.717) is 30.2 Å². The third-order valence-corrected chi connectivity index (χ3v) is 3.82. The third-order valence-electron chi connectivity index (χ3n) is 3.82. The van der Waals surface area contributed by atoms with Crippen molar-refractivity contribution >= 4 is 28.5 Å². The van der Waals surface area contributed by atoms with Crippen molar-refractivity contribution in [1.82, 2.24) is 19.9 Å². The normalized spacial score (nSPS) is 17.5. The van der Waals surface area contributed by atoms with Crippen molar-refractivity contribution in [2.45, 2.75) is 0 Å². The molecular formula is C15H14N4O3. The van der Waals surface area contributed by atoms with Crippen molar-refractivity contribution in [3.8, 4) is 0 Å². The van der Waals surface area contributed by atoms with Gasteiger partial charge >= 0.3 is 5.97 Å². The lowest BCUT2D eigenvalue weighted by Gasteiger charge is -2.25. The average molecular weight is 298 g/mol. The molecule has 2 aromatic heterocycles. The lowest BCUT2D eigenvalue weighted by atomic mass is 10.2. The van der Waals surface area contributed by atoms with E-state index in [1.807, 2.05) is 4.90 Å². The summed E-state index contributed by atoms with van der Waals surface area (Å²) in [6.07, 6.45) is 4.84. The zero-order valence-corrected chi connectivity index (χ0v) is 11.9. The van der Waals surface area contributed by atoms with Crippen LogP contribution in [0.5, 0.6) is 0 Å². The zero-order valence-electron chi connectivity index (χ0n) is 11.9. The van der Waals surface area contributed by atoms with E-state index in [-0.39, 0.29) is 12.7 Å². The SMILES string of the molecule is O=C(OCN1CCOCC1)C1=Cc2nccc3ncnc1c23. The van der Waals surface area contributed by atoms with Gasteiger partial charge in [-0.2, -0.15) is 0 Å². The van der Waals surface area contributed by atoms with Crippen LogP contribution in [0.4, 0.5) is 0 Å². The summed E-state index contributed by atoms with van der Waals surface area (Å²) in [6.45, 7) is 3.14. The number of carbonyl (C=O) groups excluding carboxylic acids is 1. The van der Waals surface area contributed by atoms with E-state index in [2.05, 4.69) is 15.0 Å². The fourth-order valence-corrected chi connectivity index (χ4v) is 2.66. The Balaban J connectivity index is 1.54. The van der Waals surface area contributed by atoms with Crippen LogP contribution in [-0.4, -0.2) is 58.9 Å². The topological polar surface area (TPSA) is 77.4 Å². The molecule has 0 N–H and O–H groups in total. The van der Waals surface area contributed by atoms with Crippen LogP contribution in [0.1, 0.15) is 11.4 Å². The molecule has 1 aliphatic heterocycles. The Morgan fingerprint density at radius 1 is 1.27 bits per heavy atom. The summed E-state index contributed by atoms with van der Waals surface area (Å²) < 4.78 is 10.7. The summed E-state index contributed by atoms with van der Waals surface area (Å²) >= 11 is 0. The first-order valence-electron chi connectivity index (χ1n) is 7.12. The molecule has 0 saturated carbocycles. The minimum atomic E-state index is -0.385. The predicted octanol–water partition coefficient (Wildman–Crippen LogP) is 0.712. The molecule has 0 bridgehead atoms. The van der Waals surface area contributed by atoms with Crippen molar-refractivity contribution in [1.29, 1.82) is 0 Å². The van der Waals surface area contributed by atoms with Crippen LogP contribution >= 0.6 is 0 Å². The quantitative estimate of drug-likeness (QED) is 0.772. The lowest BCUT2D eigenvalue weighted by Crippen LogP contribution is -2.38. The van der Waals surface area contributed by atoms with Crippen molar-refractivity contribution in [3.05, 3.63) is 30.0 Å². The van der Waals surface area contributed by atoms with Crippen LogP contribution in [0, 0.1) is 0 Å². The Labute approximate surface area is 126 Å².